The summed E-state index contributed by atoms with van der Waals surface area (Å²) < 4.78 is 10.4. The van der Waals surface area contributed by atoms with Crippen LogP contribution in [-0.2, 0) is 9.47 Å². The number of nitrogens with zero attached hydrogens (tertiary/aromatic N) is 2. The third-order valence-electron chi connectivity index (χ3n) is 2.55. The van der Waals surface area contributed by atoms with Crippen LogP contribution in [0.1, 0.15) is 25.0 Å². The monoisotopic (exact) mass is 276 g/mol. The minimum atomic E-state index is 0.678. The summed E-state index contributed by atoms with van der Waals surface area (Å²) in [5, 5.41) is 0. The molecule has 110 valence electrons. The molecule has 0 unspecified atom stereocenters. The van der Waals surface area contributed by atoms with Gasteiger partial charge in [0.05, 0.1) is 26.3 Å². The van der Waals surface area contributed by atoms with Crippen LogP contribution in [0.3, 0.4) is 0 Å². The van der Waals surface area contributed by atoms with Crippen molar-refractivity contribution in [3.8, 4) is 0 Å². The van der Waals surface area contributed by atoms with Gasteiger partial charge in [-0.25, -0.2) is 0 Å². The van der Waals surface area contributed by atoms with Crippen LogP contribution >= 0.6 is 0 Å². The summed E-state index contributed by atoms with van der Waals surface area (Å²) in [5.41, 5.74) is 2.18. The van der Waals surface area contributed by atoms with Gasteiger partial charge in [0.2, 0.25) is 0 Å². The molecule has 0 amide bonds. The van der Waals surface area contributed by atoms with E-state index in [9.17, 15) is 0 Å². The highest BCUT2D eigenvalue weighted by atomic mass is 16.5. The predicted octanol–water partition coefficient (Wildman–Crippen LogP) is 2.60. The minimum absolute atomic E-state index is 0.678. The van der Waals surface area contributed by atoms with E-state index in [4.69, 9.17) is 9.47 Å². The van der Waals surface area contributed by atoms with Crippen LogP contribution < -0.4 is 0 Å². The highest BCUT2D eigenvalue weighted by Crippen LogP contribution is 2.00. The lowest BCUT2D eigenvalue weighted by Crippen LogP contribution is -1.98. The molecule has 0 aliphatic carbocycles. The largest absolute Gasteiger partial charge is 0.380 e. The van der Waals surface area contributed by atoms with E-state index >= 15 is 0 Å². The lowest BCUT2D eigenvalue weighted by Gasteiger charge is -1.98. The number of ether oxygens (including phenoxy) is 2. The number of hydrogen-bond acceptors (Lipinski definition) is 4. The number of rotatable bonds is 10. The lowest BCUT2D eigenvalue weighted by atomic mass is 10.1. The average Bonchev–Trinajstić information content (AvgIpc) is 2.48. The Bertz CT molecular complexity index is 360. The zero-order chi connectivity index (χ0) is 14.5. The Hall–Kier alpha value is -1.52. The molecule has 4 heteroatoms. The lowest BCUT2D eigenvalue weighted by molar-refractivity contribution is 0.156. The third kappa shape index (κ3) is 7.81. The summed E-state index contributed by atoms with van der Waals surface area (Å²) in [5.74, 6) is 0. The Morgan fingerprint density at radius 1 is 0.800 bits per heavy atom. The maximum absolute atomic E-state index is 5.22. The van der Waals surface area contributed by atoms with Crippen LogP contribution in [0.25, 0.3) is 0 Å². The molecule has 0 fully saturated rings. The first-order chi connectivity index (χ1) is 9.86. The Morgan fingerprint density at radius 3 is 1.55 bits per heavy atom. The van der Waals surface area contributed by atoms with Crippen molar-refractivity contribution < 1.29 is 9.47 Å². The first-order valence-electron chi connectivity index (χ1n) is 7.12. The van der Waals surface area contributed by atoms with E-state index in [1.807, 2.05) is 50.5 Å². The van der Waals surface area contributed by atoms with Crippen molar-refractivity contribution in [3.63, 3.8) is 0 Å². The molecule has 0 N–H and O–H groups in total. The highest BCUT2D eigenvalue weighted by Gasteiger charge is 1.90. The van der Waals surface area contributed by atoms with Crippen LogP contribution in [0, 0.1) is 0 Å². The molecule has 0 aliphatic heterocycles. The summed E-state index contributed by atoms with van der Waals surface area (Å²) in [4.78, 5) is 8.61. The zero-order valence-corrected chi connectivity index (χ0v) is 12.4. The highest BCUT2D eigenvalue weighted by molar-refractivity contribution is 5.84. The molecule has 0 bridgehead atoms. The second-order valence-corrected chi connectivity index (χ2v) is 4.13. The van der Waals surface area contributed by atoms with E-state index in [1.54, 1.807) is 0 Å². The van der Waals surface area contributed by atoms with Crippen molar-refractivity contribution in [2.45, 2.75) is 13.8 Å². The van der Waals surface area contributed by atoms with Crippen molar-refractivity contribution in [3.05, 3.63) is 35.4 Å². The topological polar surface area (TPSA) is 43.2 Å². The number of hydrogen-bond donors (Lipinski definition) is 0. The Balaban J connectivity index is 2.32. The van der Waals surface area contributed by atoms with Gasteiger partial charge in [-0.2, -0.15) is 0 Å². The van der Waals surface area contributed by atoms with Crippen LogP contribution in [0.2, 0.25) is 0 Å². The molecule has 0 aromatic heterocycles. The van der Waals surface area contributed by atoms with Gasteiger partial charge in [0.15, 0.2) is 0 Å². The van der Waals surface area contributed by atoms with Crippen molar-refractivity contribution in [1.82, 2.24) is 0 Å². The smallest absolute Gasteiger partial charge is 0.0661 e. The van der Waals surface area contributed by atoms with Crippen LogP contribution in [-0.4, -0.2) is 51.9 Å². The molecule has 0 atom stereocenters. The van der Waals surface area contributed by atoms with Crippen LogP contribution in [0.4, 0.5) is 0 Å². The molecule has 1 rings (SSSR count). The average molecular weight is 276 g/mol. The Kier molecular flexibility index (Phi) is 9.36. The molecule has 0 heterocycles. The van der Waals surface area contributed by atoms with Gasteiger partial charge < -0.3 is 9.47 Å². The van der Waals surface area contributed by atoms with Crippen molar-refractivity contribution >= 4 is 12.4 Å². The first-order valence-corrected chi connectivity index (χ1v) is 7.12. The first kappa shape index (κ1) is 16.5. The van der Waals surface area contributed by atoms with E-state index < -0.39 is 0 Å². The maximum Gasteiger partial charge on any atom is 0.0661 e. The molecule has 0 saturated heterocycles. The van der Waals surface area contributed by atoms with Crippen LogP contribution in [0.15, 0.2) is 34.3 Å². The Labute approximate surface area is 121 Å². The van der Waals surface area contributed by atoms with E-state index in [1.165, 1.54) is 0 Å². The summed E-state index contributed by atoms with van der Waals surface area (Å²) in [7, 11) is 0. The fourth-order valence-electron chi connectivity index (χ4n) is 1.53. The second-order valence-electron chi connectivity index (χ2n) is 4.13. The second kappa shape index (κ2) is 11.3. The number of aliphatic imine (C=N–C) groups is 2. The molecule has 1 aromatic carbocycles. The summed E-state index contributed by atoms with van der Waals surface area (Å²) in [6, 6.07) is 8.14. The standard InChI is InChI=1S/C16H24N2O2/c1-3-19-11-9-17-13-15-5-7-16(8-6-15)14-18-10-12-20-4-2/h5-8,13-14H,3-4,9-12H2,1-2H3. The van der Waals surface area contributed by atoms with E-state index in [0.29, 0.717) is 26.3 Å². The molecule has 4 nitrogen and oxygen atoms in total. The summed E-state index contributed by atoms with van der Waals surface area (Å²) >= 11 is 0. The number of benzene rings is 1. The van der Waals surface area contributed by atoms with Gasteiger partial charge in [0.25, 0.3) is 0 Å². The maximum atomic E-state index is 5.22. The molecule has 0 aliphatic rings. The quantitative estimate of drug-likeness (QED) is 0.487. The van der Waals surface area contributed by atoms with Gasteiger partial charge in [-0.05, 0) is 25.0 Å². The van der Waals surface area contributed by atoms with Crippen molar-refractivity contribution in [2.75, 3.05) is 39.5 Å². The van der Waals surface area contributed by atoms with Crippen molar-refractivity contribution in [1.29, 1.82) is 0 Å². The van der Waals surface area contributed by atoms with Gasteiger partial charge >= 0.3 is 0 Å². The van der Waals surface area contributed by atoms with Crippen molar-refractivity contribution in [2.24, 2.45) is 9.98 Å². The molecule has 0 radical (unpaired) electrons. The van der Waals surface area contributed by atoms with E-state index in [0.717, 1.165) is 24.3 Å². The van der Waals surface area contributed by atoms with Gasteiger partial charge in [-0.15, -0.1) is 0 Å². The normalized spacial score (nSPS) is 11.7. The van der Waals surface area contributed by atoms with E-state index in [-0.39, 0.29) is 0 Å². The molecular formula is C16H24N2O2. The molecule has 0 saturated carbocycles. The van der Waals surface area contributed by atoms with Crippen LogP contribution in [0.5, 0.6) is 0 Å². The zero-order valence-electron chi connectivity index (χ0n) is 12.4. The fourth-order valence-corrected chi connectivity index (χ4v) is 1.53. The summed E-state index contributed by atoms with van der Waals surface area (Å²) in [6.45, 7) is 8.22. The minimum Gasteiger partial charge on any atom is -0.380 e. The van der Waals surface area contributed by atoms with Gasteiger partial charge in [0.1, 0.15) is 0 Å². The molecule has 1 aromatic rings. The van der Waals surface area contributed by atoms with E-state index in [2.05, 4.69) is 9.98 Å². The van der Waals surface area contributed by atoms with Gasteiger partial charge in [-0.3, -0.25) is 9.98 Å². The molecule has 0 spiro atoms. The molecular weight excluding hydrogens is 252 g/mol. The van der Waals surface area contributed by atoms with Gasteiger partial charge in [0, 0.05) is 25.6 Å². The molecule has 20 heavy (non-hydrogen) atoms. The third-order valence-corrected chi connectivity index (χ3v) is 2.55. The fraction of sp³-hybridized carbons (Fsp3) is 0.500. The van der Waals surface area contributed by atoms with Gasteiger partial charge in [-0.1, -0.05) is 24.3 Å². The SMILES string of the molecule is CCOCCN=Cc1ccc(C=NCCOCC)cc1. The predicted molar refractivity (Wildman–Crippen MR) is 84.4 cm³/mol. The Morgan fingerprint density at radius 2 is 1.20 bits per heavy atom. The summed E-state index contributed by atoms with van der Waals surface area (Å²) in [6.07, 6.45) is 3.74.